The summed E-state index contributed by atoms with van der Waals surface area (Å²) in [4.78, 5) is 16.5. The summed E-state index contributed by atoms with van der Waals surface area (Å²) in [6, 6.07) is 12.4. The van der Waals surface area contributed by atoms with Gasteiger partial charge in [0, 0.05) is 5.56 Å². The van der Waals surface area contributed by atoms with E-state index in [1.165, 1.54) is 23.5 Å². The maximum Gasteiger partial charge on any atom is 0.416 e. The van der Waals surface area contributed by atoms with Gasteiger partial charge in [0.25, 0.3) is 0 Å². The van der Waals surface area contributed by atoms with Crippen molar-refractivity contribution in [3.63, 3.8) is 0 Å². The maximum absolute atomic E-state index is 12.9. The van der Waals surface area contributed by atoms with Crippen molar-refractivity contribution in [2.24, 2.45) is 0 Å². The highest BCUT2D eigenvalue weighted by Crippen LogP contribution is 2.38. The Hall–Kier alpha value is -2.71. The zero-order valence-electron chi connectivity index (χ0n) is 19.1. The first kappa shape index (κ1) is 24.9. The average molecular weight is 478 g/mol. The first-order valence-electron chi connectivity index (χ1n) is 10.3. The number of alkyl halides is 3. The number of rotatable bonds is 8. The van der Waals surface area contributed by atoms with Crippen LogP contribution in [0.25, 0.3) is 10.6 Å². The van der Waals surface area contributed by atoms with Gasteiger partial charge >= 0.3 is 6.18 Å². The van der Waals surface area contributed by atoms with Gasteiger partial charge < -0.3 is 14.3 Å². The van der Waals surface area contributed by atoms with Crippen molar-refractivity contribution in [2.75, 3.05) is 0 Å². The van der Waals surface area contributed by atoms with Crippen LogP contribution >= 0.6 is 11.3 Å². The molecular formula is C25H26F3NO3S. The summed E-state index contributed by atoms with van der Waals surface area (Å²) >= 11 is 1.39. The van der Waals surface area contributed by atoms with Crippen molar-refractivity contribution in [3.8, 4) is 16.3 Å². The van der Waals surface area contributed by atoms with Gasteiger partial charge in [-0.1, -0.05) is 24.3 Å². The van der Waals surface area contributed by atoms with Crippen molar-refractivity contribution in [1.29, 1.82) is 0 Å². The molecule has 1 aromatic heterocycles. The normalized spacial score (nSPS) is 12.6. The van der Waals surface area contributed by atoms with E-state index in [0.29, 0.717) is 16.3 Å². The molecular weight excluding hydrogens is 451 g/mol. The lowest BCUT2D eigenvalue weighted by atomic mass is 10.1. The molecule has 0 aliphatic carbocycles. The number of carbonyl (C=O) groups is 1. The van der Waals surface area contributed by atoms with Gasteiger partial charge in [-0.25, -0.2) is 4.98 Å². The fourth-order valence-corrected chi connectivity index (χ4v) is 4.33. The standard InChI is InChI=1S/C25H26F3NO3S/c1-16-21(33-22(29-16)18-9-11-19(12-10-18)25(26,27)28)24(4,5)32-20-8-6-7-17(13-20)14-31-23(2,3)15-30/h6-13,15H,14H2,1-5H3. The van der Waals surface area contributed by atoms with Crippen LogP contribution in [0.2, 0.25) is 0 Å². The van der Waals surface area contributed by atoms with E-state index in [1.54, 1.807) is 13.8 Å². The van der Waals surface area contributed by atoms with Crippen molar-refractivity contribution in [2.45, 2.75) is 58.6 Å². The number of nitrogens with zero attached hydrogens (tertiary/aromatic N) is 1. The number of hydrogen-bond acceptors (Lipinski definition) is 5. The quantitative estimate of drug-likeness (QED) is 0.330. The van der Waals surface area contributed by atoms with E-state index in [9.17, 15) is 18.0 Å². The Morgan fingerprint density at radius 3 is 2.30 bits per heavy atom. The van der Waals surface area contributed by atoms with E-state index in [1.807, 2.05) is 45.0 Å². The third-order valence-corrected chi connectivity index (χ3v) is 6.48. The molecule has 0 unspecified atom stereocenters. The lowest BCUT2D eigenvalue weighted by Gasteiger charge is -2.26. The van der Waals surface area contributed by atoms with E-state index < -0.39 is 22.9 Å². The summed E-state index contributed by atoms with van der Waals surface area (Å²) in [7, 11) is 0. The van der Waals surface area contributed by atoms with Gasteiger partial charge in [0.15, 0.2) is 6.29 Å². The molecule has 33 heavy (non-hydrogen) atoms. The Morgan fingerprint density at radius 2 is 1.70 bits per heavy atom. The number of aldehydes is 1. The number of aromatic nitrogens is 1. The number of benzene rings is 2. The summed E-state index contributed by atoms with van der Waals surface area (Å²) in [5.41, 5.74) is -0.0476. The van der Waals surface area contributed by atoms with Gasteiger partial charge in [0.2, 0.25) is 0 Å². The molecule has 8 heteroatoms. The molecule has 176 valence electrons. The second-order valence-corrected chi connectivity index (χ2v) is 9.78. The molecule has 0 saturated carbocycles. The minimum atomic E-state index is -4.37. The number of hydrogen-bond donors (Lipinski definition) is 0. The molecule has 0 amide bonds. The fourth-order valence-electron chi connectivity index (χ4n) is 3.22. The number of thiazole rings is 1. The smallest absolute Gasteiger partial charge is 0.416 e. The molecule has 3 aromatic rings. The highest BCUT2D eigenvalue weighted by Gasteiger charge is 2.31. The van der Waals surface area contributed by atoms with Crippen LogP contribution < -0.4 is 4.74 Å². The van der Waals surface area contributed by atoms with Gasteiger partial charge in [-0.15, -0.1) is 11.3 Å². The van der Waals surface area contributed by atoms with E-state index in [2.05, 4.69) is 4.98 Å². The third kappa shape index (κ3) is 6.21. The third-order valence-electron chi connectivity index (χ3n) is 4.97. The van der Waals surface area contributed by atoms with Crippen LogP contribution in [-0.4, -0.2) is 16.9 Å². The molecule has 0 aliphatic rings. The molecule has 3 rings (SSSR count). The lowest BCUT2D eigenvalue weighted by Crippen LogP contribution is -2.26. The van der Waals surface area contributed by atoms with Crippen LogP contribution in [0, 0.1) is 6.92 Å². The van der Waals surface area contributed by atoms with Gasteiger partial charge in [-0.2, -0.15) is 13.2 Å². The van der Waals surface area contributed by atoms with E-state index in [0.717, 1.165) is 34.6 Å². The molecule has 0 saturated heterocycles. The number of carbonyl (C=O) groups excluding carboxylic acids is 1. The number of aryl methyl sites for hydroxylation is 1. The van der Waals surface area contributed by atoms with E-state index in [-0.39, 0.29) is 6.61 Å². The van der Waals surface area contributed by atoms with Crippen LogP contribution in [0.3, 0.4) is 0 Å². The maximum atomic E-state index is 12.9. The topological polar surface area (TPSA) is 48.4 Å². The number of halogens is 3. The lowest BCUT2D eigenvalue weighted by molar-refractivity contribution is -0.137. The molecule has 1 heterocycles. The number of ether oxygens (including phenoxy) is 2. The van der Waals surface area contributed by atoms with E-state index >= 15 is 0 Å². The summed E-state index contributed by atoms with van der Waals surface area (Å²) in [6.07, 6.45) is -3.61. The fraction of sp³-hybridized carbons (Fsp3) is 0.360. The first-order chi connectivity index (χ1) is 15.3. The predicted octanol–water partition coefficient (Wildman–Crippen LogP) is 6.95. The highest BCUT2D eigenvalue weighted by molar-refractivity contribution is 7.15. The molecule has 0 N–H and O–H groups in total. The van der Waals surface area contributed by atoms with Crippen molar-refractivity contribution in [3.05, 3.63) is 70.2 Å². The van der Waals surface area contributed by atoms with Gasteiger partial charge in [-0.3, -0.25) is 0 Å². The summed E-state index contributed by atoms with van der Waals surface area (Å²) in [5, 5.41) is 0.631. The molecule has 0 fully saturated rings. The zero-order chi connectivity index (χ0) is 24.4. The van der Waals surface area contributed by atoms with Crippen molar-refractivity contribution in [1.82, 2.24) is 4.98 Å². The molecule has 2 aromatic carbocycles. The second kappa shape index (κ2) is 9.27. The predicted molar refractivity (Wildman–Crippen MR) is 122 cm³/mol. The Bertz CT molecular complexity index is 1120. The monoisotopic (exact) mass is 477 g/mol. The first-order valence-corrected chi connectivity index (χ1v) is 11.2. The van der Waals surface area contributed by atoms with Crippen LogP contribution in [0.1, 0.15) is 49.4 Å². The molecule has 0 spiro atoms. The van der Waals surface area contributed by atoms with Crippen LogP contribution in [0.5, 0.6) is 5.75 Å². The van der Waals surface area contributed by atoms with Crippen molar-refractivity contribution < 1.29 is 27.4 Å². The largest absolute Gasteiger partial charge is 0.482 e. The second-order valence-electron chi connectivity index (χ2n) is 8.78. The molecule has 0 radical (unpaired) electrons. The van der Waals surface area contributed by atoms with Crippen LogP contribution in [-0.2, 0) is 27.9 Å². The molecule has 0 atom stereocenters. The van der Waals surface area contributed by atoms with E-state index in [4.69, 9.17) is 9.47 Å². The minimum Gasteiger partial charge on any atom is -0.482 e. The average Bonchev–Trinajstić information content (AvgIpc) is 3.14. The Kier molecular flexibility index (Phi) is 7.00. The van der Waals surface area contributed by atoms with Gasteiger partial charge in [0.1, 0.15) is 22.0 Å². The van der Waals surface area contributed by atoms with Gasteiger partial charge in [-0.05, 0) is 64.4 Å². The van der Waals surface area contributed by atoms with Crippen molar-refractivity contribution >= 4 is 17.6 Å². The molecule has 0 aliphatic heterocycles. The Morgan fingerprint density at radius 1 is 1.03 bits per heavy atom. The highest BCUT2D eigenvalue weighted by atomic mass is 32.1. The molecule has 0 bridgehead atoms. The minimum absolute atomic E-state index is 0.265. The summed E-state index contributed by atoms with van der Waals surface area (Å²) in [6.45, 7) is 9.36. The van der Waals surface area contributed by atoms with Gasteiger partial charge in [0.05, 0.1) is 22.7 Å². The zero-order valence-corrected chi connectivity index (χ0v) is 19.9. The summed E-state index contributed by atoms with van der Waals surface area (Å²) in [5.74, 6) is 0.633. The van der Waals surface area contributed by atoms with Crippen LogP contribution in [0.15, 0.2) is 48.5 Å². The Balaban J connectivity index is 1.79. The van der Waals surface area contributed by atoms with Crippen LogP contribution in [0.4, 0.5) is 13.2 Å². The SMILES string of the molecule is Cc1nc(-c2ccc(C(F)(F)F)cc2)sc1C(C)(C)Oc1cccc(COC(C)(C)C=O)c1. The Labute approximate surface area is 195 Å². The molecule has 4 nitrogen and oxygen atoms in total. The summed E-state index contributed by atoms with van der Waals surface area (Å²) < 4.78 is 50.5.